The number of nitrogens with zero attached hydrogens (tertiary/aromatic N) is 2. The van der Waals surface area contributed by atoms with Gasteiger partial charge in [-0.25, -0.2) is 9.48 Å². The van der Waals surface area contributed by atoms with Gasteiger partial charge in [0.05, 0.1) is 23.3 Å². The molecule has 0 saturated carbocycles. The highest BCUT2D eigenvalue weighted by Crippen LogP contribution is 2.25. The normalized spacial score (nSPS) is 10.5. The molecule has 128 valence electrons. The van der Waals surface area contributed by atoms with Crippen molar-refractivity contribution in [2.45, 2.75) is 19.9 Å². The Balaban J connectivity index is 1.92. The van der Waals surface area contributed by atoms with Crippen molar-refractivity contribution in [1.82, 2.24) is 9.78 Å². The number of hydrogen-bond donors (Lipinski definition) is 1. The quantitative estimate of drug-likeness (QED) is 0.760. The first-order valence-corrected chi connectivity index (χ1v) is 8.05. The zero-order valence-corrected chi connectivity index (χ0v) is 15.2. The molecule has 2 aromatic rings. The molecule has 1 heterocycles. The molecule has 1 aromatic carbocycles. The van der Waals surface area contributed by atoms with E-state index in [1.807, 2.05) is 13.8 Å². The molecule has 0 fully saturated rings. The highest BCUT2D eigenvalue weighted by atomic mass is 79.9. The Labute approximate surface area is 148 Å². The predicted octanol–water partition coefficient (Wildman–Crippen LogP) is 3.03. The second-order valence-electron chi connectivity index (χ2n) is 5.23. The van der Waals surface area contributed by atoms with Crippen molar-refractivity contribution >= 4 is 33.6 Å². The summed E-state index contributed by atoms with van der Waals surface area (Å²) in [5.41, 5.74) is 0.322. The molecule has 0 aliphatic heterocycles. The number of amides is 1. The molecule has 0 atom stereocenters. The third-order valence-electron chi connectivity index (χ3n) is 3.15. The maximum atomic E-state index is 12.0. The van der Waals surface area contributed by atoms with Crippen LogP contribution in [0.5, 0.6) is 5.75 Å². The third-order valence-corrected chi connectivity index (χ3v) is 3.77. The van der Waals surface area contributed by atoms with Crippen LogP contribution in [0.25, 0.3) is 0 Å². The molecule has 1 N–H and O–H groups in total. The number of aromatic nitrogens is 2. The van der Waals surface area contributed by atoms with E-state index in [2.05, 4.69) is 26.3 Å². The van der Waals surface area contributed by atoms with Gasteiger partial charge in [-0.3, -0.25) is 4.79 Å². The molecule has 1 amide bonds. The topological polar surface area (TPSA) is 82.4 Å². The van der Waals surface area contributed by atoms with Gasteiger partial charge in [0, 0.05) is 12.1 Å². The van der Waals surface area contributed by atoms with E-state index >= 15 is 0 Å². The van der Waals surface area contributed by atoms with Gasteiger partial charge in [-0.2, -0.15) is 5.10 Å². The fourth-order valence-corrected chi connectivity index (χ4v) is 2.55. The lowest BCUT2D eigenvalue weighted by molar-refractivity contribution is -0.119. The summed E-state index contributed by atoms with van der Waals surface area (Å²) < 4.78 is 12.4. The summed E-state index contributed by atoms with van der Waals surface area (Å²) in [5.74, 6) is 0.133. The van der Waals surface area contributed by atoms with Crippen molar-refractivity contribution in [1.29, 1.82) is 0 Å². The van der Waals surface area contributed by atoms with Gasteiger partial charge < -0.3 is 14.8 Å². The molecule has 0 saturated heterocycles. The summed E-state index contributed by atoms with van der Waals surface area (Å²) in [6.07, 6.45) is 1.59. The van der Waals surface area contributed by atoms with E-state index in [1.54, 1.807) is 35.1 Å². The molecule has 0 radical (unpaired) electrons. The zero-order chi connectivity index (χ0) is 17.7. The average molecular weight is 396 g/mol. The van der Waals surface area contributed by atoms with Gasteiger partial charge in [0.25, 0.3) is 5.91 Å². The number of halogens is 1. The van der Waals surface area contributed by atoms with Crippen LogP contribution in [0.4, 0.5) is 5.82 Å². The fraction of sp³-hybridized carbons (Fsp3) is 0.312. The number of anilines is 1. The molecular formula is C16H18BrN3O4. The summed E-state index contributed by atoms with van der Waals surface area (Å²) in [6.45, 7) is 3.51. The number of ether oxygens (including phenoxy) is 2. The predicted molar refractivity (Wildman–Crippen MR) is 92.2 cm³/mol. The van der Waals surface area contributed by atoms with Crippen LogP contribution in [0.3, 0.4) is 0 Å². The Bertz CT molecular complexity index is 743. The monoisotopic (exact) mass is 395 g/mol. The van der Waals surface area contributed by atoms with E-state index in [4.69, 9.17) is 9.47 Å². The van der Waals surface area contributed by atoms with Gasteiger partial charge >= 0.3 is 5.97 Å². The molecule has 0 aliphatic rings. The second-order valence-corrected chi connectivity index (χ2v) is 6.08. The minimum atomic E-state index is -0.592. The Hall–Kier alpha value is -2.35. The fourth-order valence-electron chi connectivity index (χ4n) is 2.01. The molecule has 8 heteroatoms. The van der Waals surface area contributed by atoms with Crippen molar-refractivity contribution in [3.8, 4) is 5.75 Å². The van der Waals surface area contributed by atoms with E-state index in [1.165, 1.54) is 7.11 Å². The van der Waals surface area contributed by atoms with Crippen LogP contribution in [-0.2, 0) is 9.53 Å². The van der Waals surface area contributed by atoms with E-state index in [0.29, 0.717) is 21.6 Å². The Morgan fingerprint density at radius 2 is 2.08 bits per heavy atom. The molecule has 1 aromatic heterocycles. The Morgan fingerprint density at radius 3 is 2.71 bits per heavy atom. The summed E-state index contributed by atoms with van der Waals surface area (Å²) >= 11 is 3.30. The van der Waals surface area contributed by atoms with Gasteiger partial charge in [-0.1, -0.05) is 0 Å². The molecule has 7 nitrogen and oxygen atoms in total. The summed E-state index contributed by atoms with van der Waals surface area (Å²) in [5, 5.41) is 6.78. The first-order valence-electron chi connectivity index (χ1n) is 7.26. The molecule has 24 heavy (non-hydrogen) atoms. The molecular weight excluding hydrogens is 378 g/mol. The van der Waals surface area contributed by atoms with Crippen molar-refractivity contribution in [3.63, 3.8) is 0 Å². The highest BCUT2D eigenvalue weighted by Gasteiger charge is 2.14. The number of carbonyl (C=O) groups excluding carboxylic acids is 2. The summed E-state index contributed by atoms with van der Waals surface area (Å²) in [4.78, 5) is 23.9. The van der Waals surface area contributed by atoms with Crippen LogP contribution in [0.2, 0.25) is 0 Å². The molecule has 0 spiro atoms. The maximum Gasteiger partial charge on any atom is 0.338 e. The molecule has 0 unspecified atom stereocenters. The van der Waals surface area contributed by atoms with Crippen LogP contribution >= 0.6 is 15.9 Å². The number of benzene rings is 1. The molecule has 2 rings (SSSR count). The van der Waals surface area contributed by atoms with E-state index in [-0.39, 0.29) is 12.6 Å². The van der Waals surface area contributed by atoms with Crippen molar-refractivity contribution in [2.75, 3.05) is 19.0 Å². The second kappa shape index (κ2) is 7.96. The van der Waals surface area contributed by atoms with Gasteiger partial charge in [-0.15, -0.1) is 0 Å². The van der Waals surface area contributed by atoms with Crippen LogP contribution in [-0.4, -0.2) is 35.4 Å². The number of rotatable bonds is 6. The van der Waals surface area contributed by atoms with Crippen molar-refractivity contribution < 1.29 is 19.1 Å². The van der Waals surface area contributed by atoms with Crippen LogP contribution < -0.4 is 10.1 Å². The highest BCUT2D eigenvalue weighted by molar-refractivity contribution is 9.10. The number of nitrogens with one attached hydrogen (secondary N) is 1. The summed E-state index contributed by atoms with van der Waals surface area (Å²) in [6, 6.07) is 6.57. The standard InChI is InChI=1S/C16H18BrN3O4/c1-10(2)20-14(6-7-18-20)19-15(21)9-24-16(22)11-4-5-13(23-3)12(17)8-11/h4-8,10H,9H2,1-3H3,(H,19,21). The smallest absolute Gasteiger partial charge is 0.338 e. The minimum absolute atomic E-state index is 0.106. The Kier molecular flexibility index (Phi) is 5.97. The first kappa shape index (κ1) is 18.0. The molecule has 0 aliphatic carbocycles. The third kappa shape index (κ3) is 4.35. The lowest BCUT2D eigenvalue weighted by Crippen LogP contribution is -2.23. The minimum Gasteiger partial charge on any atom is -0.496 e. The van der Waals surface area contributed by atoms with Crippen molar-refractivity contribution in [3.05, 3.63) is 40.5 Å². The van der Waals surface area contributed by atoms with Crippen LogP contribution in [0.1, 0.15) is 30.2 Å². The zero-order valence-electron chi connectivity index (χ0n) is 13.6. The average Bonchev–Trinajstić information content (AvgIpc) is 3.00. The lowest BCUT2D eigenvalue weighted by Gasteiger charge is -2.12. The lowest BCUT2D eigenvalue weighted by atomic mass is 10.2. The van der Waals surface area contributed by atoms with Gasteiger partial charge in [0.15, 0.2) is 6.61 Å². The van der Waals surface area contributed by atoms with Crippen molar-refractivity contribution in [2.24, 2.45) is 0 Å². The van der Waals surface area contributed by atoms with Crippen LogP contribution in [0.15, 0.2) is 34.9 Å². The summed E-state index contributed by atoms with van der Waals surface area (Å²) in [7, 11) is 1.53. The van der Waals surface area contributed by atoms with Gasteiger partial charge in [-0.05, 0) is 48.0 Å². The maximum absolute atomic E-state index is 12.0. The van der Waals surface area contributed by atoms with Crippen LogP contribution in [0, 0.1) is 0 Å². The number of methoxy groups -OCH3 is 1. The SMILES string of the molecule is COc1ccc(C(=O)OCC(=O)Nc2ccnn2C(C)C)cc1Br. The van der Waals surface area contributed by atoms with Gasteiger partial charge in [0.1, 0.15) is 11.6 Å². The molecule has 0 bridgehead atoms. The number of hydrogen-bond acceptors (Lipinski definition) is 5. The van der Waals surface area contributed by atoms with E-state index in [0.717, 1.165) is 0 Å². The van der Waals surface area contributed by atoms with E-state index < -0.39 is 11.9 Å². The first-order chi connectivity index (χ1) is 11.4. The number of carbonyl (C=O) groups is 2. The van der Waals surface area contributed by atoms with E-state index in [9.17, 15) is 9.59 Å². The van der Waals surface area contributed by atoms with Gasteiger partial charge in [0.2, 0.25) is 0 Å². The number of esters is 1. The largest absolute Gasteiger partial charge is 0.496 e. The Morgan fingerprint density at radius 1 is 1.33 bits per heavy atom.